The zero-order valence-corrected chi connectivity index (χ0v) is 15.0. The maximum absolute atomic E-state index is 11.8. The van der Waals surface area contributed by atoms with Crippen LogP contribution in [0.4, 0.5) is 5.82 Å². The van der Waals surface area contributed by atoms with Gasteiger partial charge in [-0.05, 0) is 40.5 Å². The smallest absolute Gasteiger partial charge is 0.384 e. The van der Waals surface area contributed by atoms with Crippen LogP contribution >= 0.6 is 0 Å². The molecule has 4 aromatic rings. The van der Waals surface area contributed by atoms with E-state index in [4.69, 9.17) is 5.73 Å². The van der Waals surface area contributed by atoms with Crippen molar-refractivity contribution in [3.63, 3.8) is 0 Å². The van der Waals surface area contributed by atoms with Gasteiger partial charge < -0.3 is 16.3 Å². The summed E-state index contributed by atoms with van der Waals surface area (Å²) in [4.78, 5) is 19.8. The Kier molecular flexibility index (Phi) is 4.74. The van der Waals surface area contributed by atoms with Crippen LogP contribution in [-0.2, 0) is 13.1 Å². The number of rotatable bonds is 5. The van der Waals surface area contributed by atoms with Crippen LogP contribution in [0.15, 0.2) is 71.7 Å². The van der Waals surface area contributed by atoms with E-state index >= 15 is 0 Å². The first-order valence-corrected chi connectivity index (χ1v) is 8.85. The van der Waals surface area contributed by atoms with E-state index in [0.717, 1.165) is 22.3 Å². The summed E-state index contributed by atoms with van der Waals surface area (Å²) < 4.78 is 0.449. The number of hydrogen-bond acceptors (Lipinski definition) is 6. The van der Waals surface area contributed by atoms with E-state index in [1.807, 2.05) is 36.4 Å². The molecule has 7 heteroatoms. The molecule has 4 N–H and O–H groups in total. The Labute approximate surface area is 161 Å². The number of anilines is 1. The van der Waals surface area contributed by atoms with E-state index in [9.17, 15) is 10.0 Å². The van der Waals surface area contributed by atoms with E-state index in [2.05, 4.69) is 27.4 Å². The third-order valence-electron chi connectivity index (χ3n) is 4.54. The normalized spacial score (nSPS) is 10.9. The second kappa shape index (κ2) is 7.50. The minimum atomic E-state index is -0.774. The van der Waals surface area contributed by atoms with Gasteiger partial charge in [0.05, 0.1) is 5.39 Å². The Bertz CT molecular complexity index is 1190. The summed E-state index contributed by atoms with van der Waals surface area (Å²) in [6.07, 6.45) is 1.51. The Hall–Kier alpha value is -3.71. The molecule has 2 heterocycles. The van der Waals surface area contributed by atoms with Crippen molar-refractivity contribution in [2.24, 2.45) is 5.73 Å². The van der Waals surface area contributed by atoms with Gasteiger partial charge in [0, 0.05) is 19.3 Å². The van der Waals surface area contributed by atoms with Crippen LogP contribution in [0.1, 0.15) is 11.1 Å². The quantitative estimate of drug-likeness (QED) is 0.465. The fourth-order valence-corrected chi connectivity index (χ4v) is 3.06. The van der Waals surface area contributed by atoms with Gasteiger partial charge in [-0.2, -0.15) is 4.98 Å². The first kappa shape index (κ1) is 17.7. The number of fused-ring (bicyclic) bond motifs is 1. The highest BCUT2D eigenvalue weighted by molar-refractivity contribution is 5.86. The van der Waals surface area contributed by atoms with Crippen molar-refractivity contribution < 1.29 is 5.21 Å². The molecule has 0 aliphatic rings. The van der Waals surface area contributed by atoms with E-state index in [0.29, 0.717) is 29.0 Å². The number of nitrogens with two attached hydrogens (primary N) is 1. The molecule has 0 saturated carbocycles. The molecule has 0 aliphatic carbocycles. The lowest BCUT2D eigenvalue weighted by Crippen LogP contribution is -2.23. The predicted molar refractivity (Wildman–Crippen MR) is 108 cm³/mol. The van der Waals surface area contributed by atoms with Gasteiger partial charge >= 0.3 is 5.69 Å². The number of benzene rings is 2. The highest BCUT2D eigenvalue weighted by Crippen LogP contribution is 2.22. The third-order valence-corrected chi connectivity index (χ3v) is 4.54. The molecule has 0 fully saturated rings. The standard InChI is InChI=1S/C21H19N5O2/c22-12-15-3-1-4-17(11-15)16-8-6-14(7-9-16)13-24-19-18-5-2-10-23-20(18)26(28)21(27)25-19/h1-11,28H,12-13,22H2,(H,24,25,27). The van der Waals surface area contributed by atoms with Gasteiger partial charge in [0.25, 0.3) is 0 Å². The van der Waals surface area contributed by atoms with E-state index in [1.54, 1.807) is 12.1 Å². The second-order valence-corrected chi connectivity index (χ2v) is 6.38. The molecule has 0 atom stereocenters. The fraction of sp³-hybridized carbons (Fsp3) is 0.0952. The molecule has 0 unspecified atom stereocenters. The lowest BCUT2D eigenvalue weighted by Gasteiger charge is -2.10. The largest absolute Gasteiger partial charge is 0.422 e. The number of nitrogens with one attached hydrogen (secondary N) is 1. The Morgan fingerprint density at radius 3 is 2.61 bits per heavy atom. The van der Waals surface area contributed by atoms with E-state index < -0.39 is 5.69 Å². The van der Waals surface area contributed by atoms with Gasteiger partial charge in [-0.1, -0.05) is 42.5 Å². The second-order valence-electron chi connectivity index (χ2n) is 6.38. The van der Waals surface area contributed by atoms with E-state index in [-0.39, 0.29) is 5.65 Å². The average Bonchev–Trinajstić information content (AvgIpc) is 2.76. The highest BCUT2D eigenvalue weighted by atomic mass is 16.5. The van der Waals surface area contributed by atoms with Crippen molar-refractivity contribution >= 4 is 16.9 Å². The first-order valence-electron chi connectivity index (χ1n) is 8.85. The number of aromatic nitrogens is 3. The van der Waals surface area contributed by atoms with Crippen molar-refractivity contribution in [2.75, 3.05) is 5.32 Å². The third kappa shape index (κ3) is 3.43. The Balaban J connectivity index is 1.55. The molecule has 0 saturated heterocycles. The molecule has 4 rings (SSSR count). The monoisotopic (exact) mass is 373 g/mol. The summed E-state index contributed by atoms with van der Waals surface area (Å²) in [5, 5.41) is 13.5. The molecule has 7 nitrogen and oxygen atoms in total. The molecule has 2 aromatic carbocycles. The zero-order valence-electron chi connectivity index (χ0n) is 15.0. The molecule has 0 aliphatic heterocycles. The maximum Gasteiger partial charge on any atom is 0.384 e. The van der Waals surface area contributed by atoms with Gasteiger partial charge in [0.2, 0.25) is 0 Å². The molecule has 140 valence electrons. The van der Waals surface area contributed by atoms with Gasteiger partial charge in [0.1, 0.15) is 5.82 Å². The molecule has 2 aromatic heterocycles. The van der Waals surface area contributed by atoms with Crippen LogP contribution in [0, 0.1) is 0 Å². The molecule has 0 bridgehead atoms. The molecule has 0 radical (unpaired) electrons. The molecule has 0 spiro atoms. The van der Waals surface area contributed by atoms with Crippen molar-refractivity contribution in [1.29, 1.82) is 0 Å². The summed E-state index contributed by atoms with van der Waals surface area (Å²) in [6.45, 7) is 0.993. The zero-order chi connectivity index (χ0) is 19.5. The van der Waals surface area contributed by atoms with E-state index in [1.165, 1.54) is 6.20 Å². The lowest BCUT2D eigenvalue weighted by molar-refractivity contribution is 0.182. The van der Waals surface area contributed by atoms with Crippen LogP contribution in [0.5, 0.6) is 0 Å². The van der Waals surface area contributed by atoms with Crippen LogP contribution < -0.4 is 16.7 Å². The summed E-state index contributed by atoms with van der Waals surface area (Å²) >= 11 is 0. The van der Waals surface area contributed by atoms with Gasteiger partial charge in [0.15, 0.2) is 5.65 Å². The first-order chi connectivity index (χ1) is 13.7. The van der Waals surface area contributed by atoms with Crippen LogP contribution in [-0.4, -0.2) is 19.9 Å². The SMILES string of the molecule is NCc1cccc(-c2ccc(CNc3nc(=O)n(O)c4ncccc34)cc2)c1. The van der Waals surface area contributed by atoms with Gasteiger partial charge in [-0.3, -0.25) is 0 Å². The molecular weight excluding hydrogens is 354 g/mol. The minimum absolute atomic E-state index is 0.167. The van der Waals surface area contributed by atoms with Crippen molar-refractivity contribution in [1.82, 2.24) is 14.7 Å². The summed E-state index contributed by atoms with van der Waals surface area (Å²) in [5.74, 6) is 0.387. The maximum atomic E-state index is 11.8. The predicted octanol–water partition coefficient (Wildman–Crippen LogP) is 2.77. The fourth-order valence-electron chi connectivity index (χ4n) is 3.06. The number of nitrogens with zero attached hydrogens (tertiary/aromatic N) is 3. The minimum Gasteiger partial charge on any atom is -0.422 e. The Morgan fingerprint density at radius 2 is 1.82 bits per heavy atom. The molecule has 28 heavy (non-hydrogen) atoms. The number of hydrogen-bond donors (Lipinski definition) is 3. The number of pyridine rings is 1. The Morgan fingerprint density at radius 1 is 1.00 bits per heavy atom. The van der Waals surface area contributed by atoms with Crippen molar-refractivity contribution in [3.05, 3.63) is 88.5 Å². The van der Waals surface area contributed by atoms with Crippen LogP contribution in [0.25, 0.3) is 22.2 Å². The lowest BCUT2D eigenvalue weighted by atomic mass is 10.0. The van der Waals surface area contributed by atoms with Crippen molar-refractivity contribution in [3.8, 4) is 11.1 Å². The van der Waals surface area contributed by atoms with Crippen molar-refractivity contribution in [2.45, 2.75) is 13.1 Å². The summed E-state index contributed by atoms with van der Waals surface area (Å²) in [7, 11) is 0. The van der Waals surface area contributed by atoms with Gasteiger partial charge in [-0.25, -0.2) is 9.78 Å². The molecule has 0 amide bonds. The summed E-state index contributed by atoms with van der Waals surface area (Å²) in [6, 6.07) is 19.8. The van der Waals surface area contributed by atoms with Crippen LogP contribution in [0.2, 0.25) is 0 Å². The highest BCUT2D eigenvalue weighted by Gasteiger charge is 2.10. The molecular formula is C21H19N5O2. The average molecular weight is 373 g/mol. The summed E-state index contributed by atoms with van der Waals surface area (Å²) in [5.41, 5.74) is 9.46. The topological polar surface area (TPSA) is 106 Å². The van der Waals surface area contributed by atoms with Gasteiger partial charge in [-0.15, -0.1) is 4.73 Å². The van der Waals surface area contributed by atoms with Crippen LogP contribution in [0.3, 0.4) is 0 Å².